The lowest BCUT2D eigenvalue weighted by Gasteiger charge is -2.24. The Morgan fingerprint density at radius 1 is 1.39 bits per heavy atom. The average Bonchev–Trinajstić information content (AvgIpc) is 2.76. The van der Waals surface area contributed by atoms with Gasteiger partial charge >= 0.3 is 0 Å². The third kappa shape index (κ3) is 3.80. The molecule has 0 radical (unpaired) electrons. The van der Waals surface area contributed by atoms with Gasteiger partial charge in [0, 0.05) is 19.1 Å². The van der Waals surface area contributed by atoms with Crippen LogP contribution in [-0.4, -0.2) is 41.8 Å². The Morgan fingerprint density at radius 2 is 2.11 bits per heavy atom. The summed E-state index contributed by atoms with van der Waals surface area (Å²) in [6, 6.07) is 9.96. The largest absolute Gasteiger partial charge is 0.390 e. The van der Waals surface area contributed by atoms with Gasteiger partial charge in [0.25, 0.3) is 0 Å². The lowest BCUT2D eigenvalue weighted by atomic mass is 10.0. The molecule has 1 aliphatic heterocycles. The van der Waals surface area contributed by atoms with E-state index in [1.54, 1.807) is 0 Å². The lowest BCUT2D eigenvalue weighted by molar-refractivity contribution is 0.0999. The van der Waals surface area contributed by atoms with Gasteiger partial charge in [0.1, 0.15) is 0 Å². The molecule has 1 aromatic rings. The van der Waals surface area contributed by atoms with E-state index in [-0.39, 0.29) is 6.04 Å². The van der Waals surface area contributed by atoms with Crippen molar-refractivity contribution in [2.45, 2.75) is 31.9 Å². The van der Waals surface area contributed by atoms with Crippen LogP contribution in [0.5, 0.6) is 0 Å². The van der Waals surface area contributed by atoms with E-state index in [4.69, 9.17) is 5.73 Å². The van der Waals surface area contributed by atoms with Crippen molar-refractivity contribution < 1.29 is 5.11 Å². The van der Waals surface area contributed by atoms with Gasteiger partial charge in [0.15, 0.2) is 0 Å². The van der Waals surface area contributed by atoms with Crippen LogP contribution in [0.3, 0.4) is 0 Å². The molecular formula is C15H24N2O. The molecule has 0 saturated carbocycles. The fraction of sp³-hybridized carbons (Fsp3) is 0.600. The molecule has 1 aliphatic rings. The smallest absolute Gasteiger partial charge is 0.0820 e. The quantitative estimate of drug-likeness (QED) is 0.825. The minimum Gasteiger partial charge on any atom is -0.390 e. The molecule has 1 saturated heterocycles. The van der Waals surface area contributed by atoms with Crippen molar-refractivity contribution in [3.05, 3.63) is 35.9 Å². The SMILES string of the molecule is CC1CCN(CC(O)C(N)Cc2ccccc2)C1. The van der Waals surface area contributed by atoms with Crippen LogP contribution in [0.15, 0.2) is 30.3 Å². The van der Waals surface area contributed by atoms with Crippen molar-refractivity contribution >= 4 is 0 Å². The first kappa shape index (κ1) is 13.5. The Morgan fingerprint density at radius 3 is 2.72 bits per heavy atom. The number of nitrogens with two attached hydrogens (primary N) is 1. The maximum atomic E-state index is 10.2. The number of likely N-dealkylation sites (tertiary alicyclic amines) is 1. The lowest BCUT2D eigenvalue weighted by Crippen LogP contribution is -2.44. The molecule has 1 heterocycles. The second-order valence-electron chi connectivity index (χ2n) is 5.57. The van der Waals surface area contributed by atoms with Gasteiger partial charge in [-0.3, -0.25) is 0 Å². The van der Waals surface area contributed by atoms with Crippen molar-refractivity contribution in [2.75, 3.05) is 19.6 Å². The second kappa shape index (κ2) is 6.32. The van der Waals surface area contributed by atoms with Gasteiger partial charge in [0.2, 0.25) is 0 Å². The zero-order chi connectivity index (χ0) is 13.0. The molecule has 0 aromatic heterocycles. The maximum Gasteiger partial charge on any atom is 0.0820 e. The highest BCUT2D eigenvalue weighted by atomic mass is 16.3. The fourth-order valence-electron chi connectivity index (χ4n) is 2.61. The minimum absolute atomic E-state index is 0.177. The normalized spacial score (nSPS) is 24.1. The average molecular weight is 248 g/mol. The molecule has 1 fully saturated rings. The van der Waals surface area contributed by atoms with E-state index < -0.39 is 6.10 Å². The third-order valence-electron chi connectivity index (χ3n) is 3.76. The van der Waals surface area contributed by atoms with Crippen LogP contribution in [0.4, 0.5) is 0 Å². The summed E-state index contributed by atoms with van der Waals surface area (Å²) < 4.78 is 0. The highest BCUT2D eigenvalue weighted by molar-refractivity contribution is 5.16. The van der Waals surface area contributed by atoms with E-state index in [0.29, 0.717) is 6.54 Å². The second-order valence-corrected chi connectivity index (χ2v) is 5.57. The summed E-state index contributed by atoms with van der Waals surface area (Å²) in [5.41, 5.74) is 7.28. The molecule has 3 nitrogen and oxygen atoms in total. The summed E-state index contributed by atoms with van der Waals surface area (Å²) >= 11 is 0. The van der Waals surface area contributed by atoms with E-state index in [1.165, 1.54) is 12.0 Å². The van der Waals surface area contributed by atoms with Crippen molar-refractivity contribution in [1.29, 1.82) is 0 Å². The van der Waals surface area contributed by atoms with Crippen molar-refractivity contribution in [2.24, 2.45) is 11.7 Å². The topological polar surface area (TPSA) is 49.5 Å². The van der Waals surface area contributed by atoms with E-state index >= 15 is 0 Å². The molecule has 100 valence electrons. The van der Waals surface area contributed by atoms with Gasteiger partial charge in [-0.25, -0.2) is 0 Å². The first-order valence-electron chi connectivity index (χ1n) is 6.85. The van der Waals surface area contributed by atoms with E-state index in [0.717, 1.165) is 25.4 Å². The molecule has 3 unspecified atom stereocenters. The zero-order valence-corrected chi connectivity index (χ0v) is 11.1. The molecule has 3 atom stereocenters. The number of aliphatic hydroxyl groups is 1. The standard InChI is InChI=1S/C15H24N2O/c1-12-7-8-17(10-12)11-15(18)14(16)9-13-5-3-2-4-6-13/h2-6,12,14-15,18H,7-11,16H2,1H3. The van der Waals surface area contributed by atoms with Crippen molar-refractivity contribution in [3.63, 3.8) is 0 Å². The number of rotatable bonds is 5. The van der Waals surface area contributed by atoms with Crippen LogP contribution in [0.2, 0.25) is 0 Å². The van der Waals surface area contributed by atoms with E-state index in [9.17, 15) is 5.11 Å². The van der Waals surface area contributed by atoms with Gasteiger partial charge in [-0.2, -0.15) is 0 Å². The van der Waals surface area contributed by atoms with Gasteiger partial charge in [-0.15, -0.1) is 0 Å². The van der Waals surface area contributed by atoms with Crippen LogP contribution in [0.1, 0.15) is 18.9 Å². The van der Waals surface area contributed by atoms with Crippen LogP contribution in [0.25, 0.3) is 0 Å². The molecule has 0 amide bonds. The third-order valence-corrected chi connectivity index (χ3v) is 3.76. The van der Waals surface area contributed by atoms with Gasteiger partial charge in [-0.1, -0.05) is 37.3 Å². The molecule has 0 bridgehead atoms. The number of benzene rings is 1. The maximum absolute atomic E-state index is 10.2. The molecular weight excluding hydrogens is 224 g/mol. The summed E-state index contributed by atoms with van der Waals surface area (Å²) in [6.45, 7) is 5.15. The molecule has 0 aliphatic carbocycles. The van der Waals surface area contributed by atoms with Crippen LogP contribution >= 0.6 is 0 Å². The molecule has 3 heteroatoms. The van der Waals surface area contributed by atoms with Crippen molar-refractivity contribution in [3.8, 4) is 0 Å². The van der Waals surface area contributed by atoms with Crippen LogP contribution < -0.4 is 5.73 Å². The van der Waals surface area contributed by atoms with Crippen molar-refractivity contribution in [1.82, 2.24) is 4.90 Å². The number of β-amino-alcohol motifs (C(OH)–C–C–N with tert-alkyl or cyclic N) is 1. The van der Waals surface area contributed by atoms with Gasteiger partial charge in [-0.05, 0) is 30.9 Å². The summed E-state index contributed by atoms with van der Waals surface area (Å²) in [5.74, 6) is 0.752. The monoisotopic (exact) mass is 248 g/mol. The number of aliphatic hydroxyl groups excluding tert-OH is 1. The van der Waals surface area contributed by atoms with Crippen LogP contribution in [0, 0.1) is 5.92 Å². The highest BCUT2D eigenvalue weighted by Crippen LogP contribution is 2.16. The van der Waals surface area contributed by atoms with Gasteiger partial charge in [0.05, 0.1) is 6.10 Å². The summed E-state index contributed by atoms with van der Waals surface area (Å²) in [6.07, 6.45) is 1.54. The minimum atomic E-state index is -0.435. The molecule has 1 aromatic carbocycles. The summed E-state index contributed by atoms with van der Waals surface area (Å²) in [5, 5.41) is 10.2. The van der Waals surface area contributed by atoms with Gasteiger partial charge < -0.3 is 15.7 Å². The Hall–Kier alpha value is -0.900. The summed E-state index contributed by atoms with van der Waals surface area (Å²) in [7, 11) is 0. The molecule has 3 N–H and O–H groups in total. The highest BCUT2D eigenvalue weighted by Gasteiger charge is 2.23. The molecule has 2 rings (SSSR count). The Kier molecular flexibility index (Phi) is 4.75. The summed E-state index contributed by atoms with van der Waals surface area (Å²) in [4.78, 5) is 2.32. The predicted octanol–water partition coefficient (Wildman–Crippen LogP) is 1.26. The van der Waals surface area contributed by atoms with E-state index in [2.05, 4.69) is 24.0 Å². The Labute approximate surface area is 110 Å². The fourth-order valence-corrected chi connectivity index (χ4v) is 2.61. The molecule has 0 spiro atoms. The number of hydrogen-bond acceptors (Lipinski definition) is 3. The number of hydrogen-bond donors (Lipinski definition) is 2. The van der Waals surface area contributed by atoms with E-state index in [1.807, 2.05) is 18.2 Å². The first-order valence-corrected chi connectivity index (χ1v) is 6.85. The molecule has 18 heavy (non-hydrogen) atoms. The number of nitrogens with zero attached hydrogens (tertiary/aromatic N) is 1. The Balaban J connectivity index is 1.80. The first-order chi connectivity index (χ1) is 8.65. The zero-order valence-electron chi connectivity index (χ0n) is 11.1. The Bertz CT molecular complexity index is 355. The van der Waals surface area contributed by atoms with Crippen LogP contribution in [-0.2, 0) is 6.42 Å². The predicted molar refractivity (Wildman–Crippen MR) is 74.3 cm³/mol.